The summed E-state index contributed by atoms with van der Waals surface area (Å²) in [6, 6.07) is 2.04. The van der Waals surface area contributed by atoms with Crippen molar-refractivity contribution in [2.75, 3.05) is 33.4 Å². The van der Waals surface area contributed by atoms with Gasteiger partial charge in [-0.05, 0) is 41.3 Å². The molecule has 0 aromatic carbocycles. The van der Waals surface area contributed by atoms with Gasteiger partial charge in [-0.2, -0.15) is 0 Å². The van der Waals surface area contributed by atoms with E-state index in [2.05, 4.69) is 26.2 Å². The third-order valence-electron chi connectivity index (χ3n) is 4.71. The van der Waals surface area contributed by atoms with Gasteiger partial charge in [-0.15, -0.1) is 22.7 Å². The summed E-state index contributed by atoms with van der Waals surface area (Å²) in [7, 11) is 1.65. The van der Waals surface area contributed by atoms with Gasteiger partial charge >= 0.3 is 0 Å². The van der Waals surface area contributed by atoms with Gasteiger partial charge in [-0.1, -0.05) is 0 Å². The molecule has 0 spiro atoms. The SMILES string of the molecule is COCCCNC(=O)C1CCN(C(=O)Cc2csc(-c3cc(Br)cs3)n2)CC1. The molecule has 3 heterocycles. The minimum absolute atomic E-state index is 0.00487. The summed E-state index contributed by atoms with van der Waals surface area (Å²) >= 11 is 6.66. The van der Waals surface area contributed by atoms with Gasteiger partial charge in [0.2, 0.25) is 11.8 Å². The molecular formula is C19H24BrN3O3S2. The maximum Gasteiger partial charge on any atom is 0.228 e. The summed E-state index contributed by atoms with van der Waals surface area (Å²) in [6.07, 6.45) is 2.56. The smallest absolute Gasteiger partial charge is 0.228 e. The molecule has 2 aromatic rings. The Bertz CT molecular complexity index is 800. The molecule has 0 bridgehead atoms. The molecule has 0 radical (unpaired) electrons. The van der Waals surface area contributed by atoms with E-state index in [-0.39, 0.29) is 17.7 Å². The number of methoxy groups -OCH3 is 1. The first-order valence-corrected chi connectivity index (χ1v) is 11.8. The number of nitrogens with one attached hydrogen (secondary N) is 1. The van der Waals surface area contributed by atoms with E-state index in [1.165, 1.54) is 0 Å². The van der Waals surface area contributed by atoms with Crippen LogP contribution < -0.4 is 5.32 Å². The fourth-order valence-electron chi connectivity index (χ4n) is 3.16. The quantitative estimate of drug-likeness (QED) is 0.580. The van der Waals surface area contributed by atoms with Crippen molar-refractivity contribution in [3.05, 3.63) is 27.0 Å². The molecule has 1 N–H and O–H groups in total. The molecule has 0 atom stereocenters. The fourth-order valence-corrected chi connectivity index (χ4v) is 5.48. The van der Waals surface area contributed by atoms with Crippen LogP contribution in [0.25, 0.3) is 9.88 Å². The van der Waals surface area contributed by atoms with E-state index in [9.17, 15) is 9.59 Å². The molecule has 1 aliphatic heterocycles. The molecule has 3 rings (SSSR count). The Morgan fingerprint density at radius 1 is 1.32 bits per heavy atom. The molecule has 1 aliphatic rings. The van der Waals surface area contributed by atoms with Gasteiger partial charge in [0.05, 0.1) is 17.0 Å². The van der Waals surface area contributed by atoms with E-state index in [0.29, 0.717) is 45.5 Å². The van der Waals surface area contributed by atoms with Crippen LogP contribution in [0.1, 0.15) is 25.0 Å². The first kappa shape index (κ1) is 21.4. The molecule has 0 unspecified atom stereocenters. The van der Waals surface area contributed by atoms with E-state index in [1.807, 2.05) is 21.7 Å². The van der Waals surface area contributed by atoms with Crippen LogP contribution in [0.4, 0.5) is 0 Å². The number of amides is 2. The second kappa shape index (κ2) is 10.5. The predicted molar refractivity (Wildman–Crippen MR) is 116 cm³/mol. The lowest BCUT2D eigenvalue weighted by molar-refractivity contribution is -0.135. The van der Waals surface area contributed by atoms with Gasteiger partial charge in [-0.3, -0.25) is 9.59 Å². The molecule has 2 amide bonds. The van der Waals surface area contributed by atoms with Crippen LogP contribution in [-0.2, 0) is 20.7 Å². The van der Waals surface area contributed by atoms with Crippen LogP contribution in [-0.4, -0.2) is 55.0 Å². The Morgan fingerprint density at radius 3 is 2.79 bits per heavy atom. The lowest BCUT2D eigenvalue weighted by atomic mass is 9.95. The van der Waals surface area contributed by atoms with Gasteiger partial charge < -0.3 is 15.0 Å². The maximum atomic E-state index is 12.6. The van der Waals surface area contributed by atoms with Gasteiger partial charge in [0.1, 0.15) is 5.01 Å². The average Bonchev–Trinajstić information content (AvgIpc) is 3.34. The normalized spacial score (nSPS) is 15.0. The number of thiophene rings is 1. The lowest BCUT2D eigenvalue weighted by Gasteiger charge is -2.31. The number of nitrogens with zero attached hydrogens (tertiary/aromatic N) is 2. The van der Waals surface area contributed by atoms with Crippen molar-refractivity contribution in [3.63, 3.8) is 0 Å². The van der Waals surface area contributed by atoms with Gasteiger partial charge in [0.25, 0.3) is 0 Å². The van der Waals surface area contributed by atoms with Crippen molar-refractivity contribution in [2.24, 2.45) is 5.92 Å². The largest absolute Gasteiger partial charge is 0.385 e. The van der Waals surface area contributed by atoms with Crippen LogP contribution in [0.15, 0.2) is 21.3 Å². The number of carbonyl (C=O) groups is 2. The number of thiazole rings is 1. The molecule has 0 saturated carbocycles. The van der Waals surface area contributed by atoms with E-state index >= 15 is 0 Å². The summed E-state index contributed by atoms with van der Waals surface area (Å²) in [4.78, 5) is 32.4. The summed E-state index contributed by atoms with van der Waals surface area (Å²) < 4.78 is 6.03. The summed E-state index contributed by atoms with van der Waals surface area (Å²) in [5.74, 6) is 0.173. The second-order valence-corrected chi connectivity index (χ2v) is 9.43. The van der Waals surface area contributed by atoms with Gasteiger partial charge in [0.15, 0.2) is 0 Å². The first-order chi connectivity index (χ1) is 13.6. The highest BCUT2D eigenvalue weighted by Crippen LogP contribution is 2.32. The minimum atomic E-state index is -0.00487. The van der Waals surface area contributed by atoms with Gasteiger partial charge in [-0.25, -0.2) is 4.98 Å². The number of aromatic nitrogens is 1. The molecule has 28 heavy (non-hydrogen) atoms. The Labute approximate surface area is 181 Å². The highest BCUT2D eigenvalue weighted by atomic mass is 79.9. The van der Waals surface area contributed by atoms with Crippen molar-refractivity contribution in [2.45, 2.75) is 25.7 Å². The maximum absolute atomic E-state index is 12.6. The highest BCUT2D eigenvalue weighted by molar-refractivity contribution is 9.10. The fraction of sp³-hybridized carbons (Fsp3) is 0.526. The van der Waals surface area contributed by atoms with Crippen LogP contribution in [0, 0.1) is 5.92 Å². The van der Waals surface area contributed by atoms with E-state index in [1.54, 1.807) is 29.8 Å². The van der Waals surface area contributed by atoms with Gasteiger partial charge in [0, 0.05) is 54.5 Å². The molecule has 9 heteroatoms. The Kier molecular flexibility index (Phi) is 8.01. The number of piperidine rings is 1. The number of carbonyl (C=O) groups excluding carboxylic acids is 2. The summed E-state index contributed by atoms with van der Waals surface area (Å²) in [5.41, 5.74) is 0.813. The summed E-state index contributed by atoms with van der Waals surface area (Å²) in [6.45, 7) is 2.54. The number of hydrogen-bond donors (Lipinski definition) is 1. The third-order valence-corrected chi connectivity index (χ3v) is 7.46. The van der Waals surface area contributed by atoms with E-state index < -0.39 is 0 Å². The van der Waals surface area contributed by atoms with Crippen molar-refractivity contribution in [3.8, 4) is 9.88 Å². The van der Waals surface area contributed by atoms with Crippen LogP contribution in [0.3, 0.4) is 0 Å². The number of halogens is 1. The molecule has 6 nitrogen and oxygen atoms in total. The van der Waals surface area contributed by atoms with Crippen LogP contribution in [0.5, 0.6) is 0 Å². The zero-order valence-corrected chi connectivity index (χ0v) is 19.0. The molecular weight excluding hydrogens is 462 g/mol. The van der Waals surface area contributed by atoms with Crippen molar-refractivity contribution < 1.29 is 14.3 Å². The van der Waals surface area contributed by atoms with Crippen molar-refractivity contribution in [1.29, 1.82) is 0 Å². The molecule has 0 aliphatic carbocycles. The monoisotopic (exact) mass is 485 g/mol. The zero-order chi connectivity index (χ0) is 19.9. The van der Waals surface area contributed by atoms with Crippen molar-refractivity contribution >= 4 is 50.4 Å². The summed E-state index contributed by atoms with van der Waals surface area (Å²) in [5, 5.41) is 7.89. The molecule has 2 aromatic heterocycles. The number of ether oxygens (including phenoxy) is 1. The molecule has 1 fully saturated rings. The van der Waals surface area contributed by atoms with Crippen LogP contribution >= 0.6 is 38.6 Å². The molecule has 152 valence electrons. The Hall–Kier alpha value is -1.29. The minimum Gasteiger partial charge on any atom is -0.385 e. The zero-order valence-electron chi connectivity index (χ0n) is 15.8. The standard InChI is InChI=1S/C19H24BrN3O3S2/c1-26-8-2-5-21-18(25)13-3-6-23(7-4-13)17(24)10-15-12-28-19(22-15)16-9-14(20)11-27-16/h9,11-13H,2-8,10H2,1H3,(H,21,25). The third kappa shape index (κ3) is 5.85. The highest BCUT2D eigenvalue weighted by Gasteiger charge is 2.27. The number of rotatable bonds is 8. The topological polar surface area (TPSA) is 71.5 Å². The van der Waals surface area contributed by atoms with E-state index in [4.69, 9.17) is 4.74 Å². The Balaban J connectivity index is 1.44. The average molecular weight is 486 g/mol. The predicted octanol–water partition coefficient (Wildman–Crippen LogP) is 3.57. The second-order valence-electron chi connectivity index (χ2n) is 6.74. The van der Waals surface area contributed by atoms with Crippen molar-refractivity contribution in [1.82, 2.24) is 15.2 Å². The van der Waals surface area contributed by atoms with Crippen LogP contribution in [0.2, 0.25) is 0 Å². The lowest BCUT2D eigenvalue weighted by Crippen LogP contribution is -2.43. The number of likely N-dealkylation sites (tertiary alicyclic amines) is 1. The van der Waals surface area contributed by atoms with E-state index in [0.717, 1.165) is 26.5 Å². The first-order valence-electron chi connectivity index (χ1n) is 9.30. The molecule has 1 saturated heterocycles. The Morgan fingerprint density at radius 2 is 2.11 bits per heavy atom. The number of hydrogen-bond acceptors (Lipinski definition) is 6.